The van der Waals surface area contributed by atoms with Crippen LogP contribution in [0, 0.1) is 0 Å². The lowest BCUT2D eigenvalue weighted by Crippen LogP contribution is -2.29. The molecule has 1 N–H and O–H groups in total. The number of nitrogens with zero attached hydrogens (tertiary/aromatic N) is 1. The van der Waals surface area contributed by atoms with Crippen molar-refractivity contribution in [3.05, 3.63) is 89.0 Å². The van der Waals surface area contributed by atoms with Gasteiger partial charge < -0.3 is 19.3 Å². The van der Waals surface area contributed by atoms with Crippen LogP contribution in [-0.2, 0) is 9.59 Å². The van der Waals surface area contributed by atoms with Crippen LogP contribution >= 0.6 is 0 Å². The van der Waals surface area contributed by atoms with E-state index in [-0.39, 0.29) is 18.1 Å². The molecule has 0 radical (unpaired) electrons. The van der Waals surface area contributed by atoms with Crippen LogP contribution in [0.5, 0.6) is 17.2 Å². The Kier molecular flexibility index (Phi) is 6.14. The third-order valence-electron chi connectivity index (χ3n) is 6.41. The number of aliphatic hydroxyl groups is 1. The number of benzene rings is 3. The van der Waals surface area contributed by atoms with Crippen molar-refractivity contribution in [2.75, 3.05) is 18.3 Å². The molecule has 2 heterocycles. The van der Waals surface area contributed by atoms with E-state index in [1.165, 1.54) is 4.90 Å². The summed E-state index contributed by atoms with van der Waals surface area (Å²) in [4.78, 5) is 28.3. The summed E-state index contributed by atoms with van der Waals surface area (Å²) in [7, 11) is 0. The summed E-state index contributed by atoms with van der Waals surface area (Å²) in [6.45, 7) is 6.62. The Morgan fingerprint density at radius 3 is 2.50 bits per heavy atom. The highest BCUT2D eigenvalue weighted by atomic mass is 16.7. The zero-order valence-electron chi connectivity index (χ0n) is 20.4. The van der Waals surface area contributed by atoms with Gasteiger partial charge in [-0.1, -0.05) is 38.1 Å². The monoisotopic (exact) mass is 485 g/mol. The number of amides is 1. The second kappa shape index (κ2) is 9.41. The van der Waals surface area contributed by atoms with Crippen molar-refractivity contribution < 1.29 is 28.9 Å². The van der Waals surface area contributed by atoms with Gasteiger partial charge in [0.15, 0.2) is 11.5 Å². The largest absolute Gasteiger partial charge is 0.507 e. The highest BCUT2D eigenvalue weighted by molar-refractivity contribution is 6.51. The van der Waals surface area contributed by atoms with Gasteiger partial charge in [-0.15, -0.1) is 0 Å². The van der Waals surface area contributed by atoms with Gasteiger partial charge in [0.1, 0.15) is 11.5 Å². The molecule has 7 nitrogen and oxygen atoms in total. The van der Waals surface area contributed by atoms with E-state index in [1.54, 1.807) is 24.3 Å². The van der Waals surface area contributed by atoms with Crippen LogP contribution < -0.4 is 19.1 Å². The summed E-state index contributed by atoms with van der Waals surface area (Å²) in [6.07, 6.45) is 0. The van der Waals surface area contributed by atoms with Gasteiger partial charge in [-0.2, -0.15) is 0 Å². The Bertz CT molecular complexity index is 1360. The number of rotatable bonds is 6. The van der Waals surface area contributed by atoms with Crippen molar-refractivity contribution in [3.63, 3.8) is 0 Å². The Morgan fingerprint density at radius 1 is 1.03 bits per heavy atom. The number of carbonyl (C=O) groups is 2. The average molecular weight is 486 g/mol. The topological polar surface area (TPSA) is 85.3 Å². The number of aliphatic hydroxyl groups excluding tert-OH is 1. The smallest absolute Gasteiger partial charge is 0.300 e. The van der Waals surface area contributed by atoms with Gasteiger partial charge in [-0.25, -0.2) is 0 Å². The second-order valence-corrected chi connectivity index (χ2v) is 8.99. The van der Waals surface area contributed by atoms with Gasteiger partial charge in [-0.05, 0) is 66.4 Å². The fraction of sp³-hybridized carbons (Fsp3) is 0.241. The molecule has 1 unspecified atom stereocenters. The van der Waals surface area contributed by atoms with E-state index >= 15 is 0 Å². The molecule has 1 fully saturated rings. The van der Waals surface area contributed by atoms with Gasteiger partial charge in [0.05, 0.1) is 18.2 Å². The van der Waals surface area contributed by atoms with Crippen molar-refractivity contribution in [1.29, 1.82) is 0 Å². The molecule has 0 aliphatic carbocycles. The van der Waals surface area contributed by atoms with Crippen LogP contribution in [0.3, 0.4) is 0 Å². The molecule has 0 saturated carbocycles. The Labute approximate surface area is 209 Å². The third-order valence-corrected chi connectivity index (χ3v) is 6.41. The number of carbonyl (C=O) groups excluding carboxylic acids is 2. The van der Waals surface area contributed by atoms with Gasteiger partial charge in [0.2, 0.25) is 6.79 Å². The average Bonchev–Trinajstić information content (AvgIpc) is 3.46. The molecule has 0 bridgehead atoms. The summed E-state index contributed by atoms with van der Waals surface area (Å²) in [5.41, 5.74) is 2.69. The second-order valence-electron chi connectivity index (χ2n) is 8.99. The number of fused-ring (bicyclic) bond motifs is 1. The van der Waals surface area contributed by atoms with Crippen LogP contribution in [0.4, 0.5) is 5.69 Å². The number of Topliss-reactive ketones (excluding diaryl/α,β-unsaturated/α-hetero) is 1. The van der Waals surface area contributed by atoms with E-state index < -0.39 is 17.7 Å². The lowest BCUT2D eigenvalue weighted by molar-refractivity contribution is -0.132. The zero-order valence-corrected chi connectivity index (χ0v) is 20.4. The Balaban J connectivity index is 1.67. The highest BCUT2D eigenvalue weighted by Crippen LogP contribution is 2.44. The van der Waals surface area contributed by atoms with Crippen LogP contribution in [0.25, 0.3) is 5.76 Å². The molecule has 7 heteroatoms. The van der Waals surface area contributed by atoms with Gasteiger partial charge in [0, 0.05) is 11.3 Å². The van der Waals surface area contributed by atoms with E-state index in [2.05, 4.69) is 13.8 Å². The van der Waals surface area contributed by atoms with Gasteiger partial charge in [-0.3, -0.25) is 14.5 Å². The Hall–Kier alpha value is -4.26. The van der Waals surface area contributed by atoms with Crippen molar-refractivity contribution in [2.45, 2.75) is 32.7 Å². The standard InChI is InChI=1S/C29H27NO6/c1-4-34-22-7-5-6-19(14-22)26-25(27(31)20-10-13-23-24(15-20)36-16-35-23)28(32)29(33)30(26)21-11-8-18(9-12-21)17(2)3/h5-15,17,26,31H,4,16H2,1-3H3/b27-25-. The SMILES string of the molecule is CCOc1cccc(C2/C(=C(/O)c3ccc4c(c3)OCO4)C(=O)C(=O)N2c2ccc(C(C)C)cc2)c1. The van der Waals surface area contributed by atoms with E-state index in [0.29, 0.717) is 46.6 Å². The maximum absolute atomic E-state index is 13.4. The summed E-state index contributed by atoms with van der Waals surface area (Å²) >= 11 is 0. The van der Waals surface area contributed by atoms with Gasteiger partial charge in [0.25, 0.3) is 11.7 Å². The van der Waals surface area contributed by atoms with Crippen LogP contribution in [0.2, 0.25) is 0 Å². The first-order chi connectivity index (χ1) is 17.4. The Morgan fingerprint density at radius 2 is 1.78 bits per heavy atom. The summed E-state index contributed by atoms with van der Waals surface area (Å²) in [5.74, 6) is 0.203. The minimum atomic E-state index is -0.847. The molecule has 1 amide bonds. The molecule has 3 aromatic carbocycles. The number of ether oxygens (including phenoxy) is 3. The van der Waals surface area contributed by atoms with Crippen LogP contribution in [0.15, 0.2) is 72.3 Å². The van der Waals surface area contributed by atoms with Crippen LogP contribution in [-0.4, -0.2) is 30.2 Å². The maximum atomic E-state index is 13.4. The zero-order chi connectivity index (χ0) is 25.4. The molecule has 1 atom stereocenters. The third kappa shape index (κ3) is 4.06. The summed E-state index contributed by atoms with van der Waals surface area (Å²) < 4.78 is 16.5. The maximum Gasteiger partial charge on any atom is 0.300 e. The molecule has 0 spiro atoms. The van der Waals surface area contributed by atoms with E-state index in [1.807, 2.05) is 49.4 Å². The molecular formula is C29H27NO6. The molecule has 0 aromatic heterocycles. The lowest BCUT2D eigenvalue weighted by Gasteiger charge is -2.26. The van der Waals surface area contributed by atoms with Crippen molar-refractivity contribution in [2.24, 2.45) is 0 Å². The highest BCUT2D eigenvalue weighted by Gasteiger charge is 2.47. The molecule has 2 aliphatic rings. The predicted molar refractivity (Wildman–Crippen MR) is 135 cm³/mol. The first-order valence-electron chi connectivity index (χ1n) is 11.9. The minimum Gasteiger partial charge on any atom is -0.507 e. The number of hydrogen-bond acceptors (Lipinski definition) is 6. The van der Waals surface area contributed by atoms with Crippen molar-refractivity contribution in [1.82, 2.24) is 0 Å². The molecular weight excluding hydrogens is 458 g/mol. The first kappa shape index (κ1) is 23.5. The fourth-order valence-electron chi connectivity index (χ4n) is 4.57. The molecule has 1 saturated heterocycles. The minimum absolute atomic E-state index is 0.000417. The fourth-order valence-corrected chi connectivity index (χ4v) is 4.57. The normalized spacial score (nSPS) is 18.2. The van der Waals surface area contributed by atoms with Gasteiger partial charge >= 0.3 is 0 Å². The molecule has 3 aromatic rings. The predicted octanol–water partition coefficient (Wildman–Crippen LogP) is 5.56. The molecule has 36 heavy (non-hydrogen) atoms. The van der Waals surface area contributed by atoms with E-state index in [4.69, 9.17) is 14.2 Å². The lowest BCUT2D eigenvalue weighted by atomic mass is 9.94. The molecule has 184 valence electrons. The number of anilines is 1. The van der Waals surface area contributed by atoms with E-state index in [0.717, 1.165) is 5.56 Å². The summed E-state index contributed by atoms with van der Waals surface area (Å²) in [6, 6.07) is 18.9. The number of hydrogen-bond donors (Lipinski definition) is 1. The number of ketones is 1. The van der Waals surface area contributed by atoms with Crippen molar-refractivity contribution >= 4 is 23.1 Å². The molecule has 2 aliphatic heterocycles. The quantitative estimate of drug-likeness (QED) is 0.279. The summed E-state index contributed by atoms with van der Waals surface area (Å²) in [5, 5.41) is 11.4. The first-order valence-corrected chi connectivity index (χ1v) is 11.9. The molecule has 5 rings (SSSR count). The van der Waals surface area contributed by atoms with Crippen LogP contribution in [0.1, 0.15) is 49.4 Å². The van der Waals surface area contributed by atoms with E-state index in [9.17, 15) is 14.7 Å². The van der Waals surface area contributed by atoms with Crippen molar-refractivity contribution in [3.8, 4) is 17.2 Å².